The van der Waals surface area contributed by atoms with Crippen molar-refractivity contribution in [2.75, 3.05) is 6.54 Å². The van der Waals surface area contributed by atoms with Crippen LogP contribution in [0.3, 0.4) is 0 Å². The second-order valence-electron chi connectivity index (χ2n) is 11.2. The second-order valence-corrected chi connectivity index (χ2v) is 11.2. The molecule has 0 saturated heterocycles. The van der Waals surface area contributed by atoms with Gasteiger partial charge in [0, 0.05) is 29.6 Å². The van der Waals surface area contributed by atoms with Crippen LogP contribution < -0.4 is 10.6 Å². The molecule has 43 heavy (non-hydrogen) atoms. The zero-order chi connectivity index (χ0) is 30.0. The minimum atomic E-state index is -0.642. The van der Waals surface area contributed by atoms with Crippen molar-refractivity contribution in [3.8, 4) is 11.3 Å². The van der Waals surface area contributed by atoms with Gasteiger partial charge in [-0.1, -0.05) is 104 Å². The predicted molar refractivity (Wildman–Crippen MR) is 174 cm³/mol. The number of Topliss-reactive ketones (excluding diaryl/α,β-unsaturated/α-hetero) is 1. The van der Waals surface area contributed by atoms with Gasteiger partial charge in [0.15, 0.2) is 0 Å². The Hall–Kier alpha value is -4.71. The number of aromatic amines is 1. The average molecular weight is 574 g/mol. The van der Waals surface area contributed by atoms with Gasteiger partial charge in [-0.05, 0) is 59.7 Å². The van der Waals surface area contributed by atoms with Crippen molar-refractivity contribution in [2.24, 2.45) is 0 Å². The van der Waals surface area contributed by atoms with Gasteiger partial charge in [0.2, 0.25) is 11.8 Å². The lowest BCUT2D eigenvalue weighted by molar-refractivity contribution is -0.128. The lowest BCUT2D eigenvalue weighted by atomic mass is 10.0. The highest BCUT2D eigenvalue weighted by Crippen LogP contribution is 2.30. The molecule has 5 aromatic rings. The highest BCUT2D eigenvalue weighted by Gasteiger charge is 2.21. The molecule has 6 nitrogen and oxygen atoms in total. The van der Waals surface area contributed by atoms with Crippen molar-refractivity contribution in [2.45, 2.75) is 57.9 Å². The highest BCUT2D eigenvalue weighted by atomic mass is 16.2. The van der Waals surface area contributed by atoms with Crippen LogP contribution in [0.4, 0.5) is 0 Å². The fraction of sp³-hybridized carbons (Fsp3) is 0.270. The van der Waals surface area contributed by atoms with Gasteiger partial charge >= 0.3 is 0 Å². The van der Waals surface area contributed by atoms with Gasteiger partial charge in [-0.2, -0.15) is 0 Å². The number of aromatic nitrogens is 1. The molecular formula is C37H39N3O3. The Kier molecular flexibility index (Phi) is 10.0. The van der Waals surface area contributed by atoms with Gasteiger partial charge in [-0.3, -0.25) is 9.59 Å². The van der Waals surface area contributed by atoms with E-state index in [1.807, 2.05) is 72.8 Å². The molecule has 0 aliphatic heterocycles. The number of carbonyl (C=O) groups excluding carboxylic acids is 3. The summed E-state index contributed by atoms with van der Waals surface area (Å²) in [5.74, 6) is -0.188. The number of nitrogens with one attached hydrogen (secondary N) is 3. The molecule has 220 valence electrons. The van der Waals surface area contributed by atoms with Gasteiger partial charge in [-0.15, -0.1) is 0 Å². The Bertz CT molecular complexity index is 1700. The summed E-state index contributed by atoms with van der Waals surface area (Å²) < 4.78 is 0. The van der Waals surface area contributed by atoms with Crippen LogP contribution >= 0.6 is 0 Å². The molecule has 0 fully saturated rings. The van der Waals surface area contributed by atoms with E-state index in [9.17, 15) is 14.4 Å². The molecule has 0 aliphatic rings. The fourth-order valence-corrected chi connectivity index (χ4v) is 5.78. The van der Waals surface area contributed by atoms with Crippen LogP contribution in [-0.2, 0) is 27.2 Å². The number of amides is 2. The van der Waals surface area contributed by atoms with Crippen LogP contribution in [0, 0.1) is 0 Å². The topological polar surface area (TPSA) is 91.1 Å². The van der Waals surface area contributed by atoms with E-state index in [-0.39, 0.29) is 24.0 Å². The van der Waals surface area contributed by atoms with Crippen molar-refractivity contribution in [1.82, 2.24) is 15.6 Å². The molecule has 0 radical (unpaired) electrons. The van der Waals surface area contributed by atoms with Crippen molar-refractivity contribution < 1.29 is 14.4 Å². The minimum absolute atomic E-state index is 0.171. The Balaban J connectivity index is 1.26. The number of ketones is 1. The van der Waals surface area contributed by atoms with Gasteiger partial charge in [0.25, 0.3) is 0 Å². The smallest absolute Gasteiger partial charge is 0.242 e. The standard InChI is InChI=1S/C37H39N3O3/c1-26(41)13-4-2-7-22-34(39-35(42)25-29-18-12-17-27-14-8-9-19-30(27)29)37(43)38-24-23-32-31-20-10-11-21-33(31)40-36(32)28-15-5-3-6-16-28/h3,5-6,8-12,14-21,34,40H,2,4,7,13,22-25H2,1H3,(H,38,43)(H,39,42)/t34-/m0/s1. The number of hydrogen-bond donors (Lipinski definition) is 3. The first-order valence-electron chi connectivity index (χ1n) is 15.2. The summed E-state index contributed by atoms with van der Waals surface area (Å²) in [6.07, 6.45) is 4.28. The SMILES string of the molecule is CC(=O)CCCCC[C@H](NC(=O)Cc1cccc2ccccc12)C(=O)NCCc1c(-c2ccccc2)[nH]c2ccccc12. The molecule has 0 aliphatic carbocycles. The highest BCUT2D eigenvalue weighted by molar-refractivity contribution is 5.93. The Labute approximate surface area is 252 Å². The number of H-pyrrole nitrogens is 1. The Morgan fingerprint density at radius 3 is 2.30 bits per heavy atom. The molecule has 1 aromatic heterocycles. The lowest BCUT2D eigenvalue weighted by Crippen LogP contribution is -2.47. The number of fused-ring (bicyclic) bond motifs is 2. The Morgan fingerprint density at radius 1 is 0.767 bits per heavy atom. The lowest BCUT2D eigenvalue weighted by Gasteiger charge is -2.19. The van der Waals surface area contributed by atoms with E-state index < -0.39 is 6.04 Å². The molecule has 0 unspecified atom stereocenters. The van der Waals surface area contributed by atoms with Crippen LogP contribution in [0.2, 0.25) is 0 Å². The summed E-state index contributed by atoms with van der Waals surface area (Å²) in [5, 5.41) is 9.38. The summed E-state index contributed by atoms with van der Waals surface area (Å²) in [6.45, 7) is 2.04. The maximum Gasteiger partial charge on any atom is 0.242 e. The third kappa shape index (κ3) is 7.77. The first-order valence-corrected chi connectivity index (χ1v) is 15.2. The minimum Gasteiger partial charge on any atom is -0.354 e. The molecule has 1 atom stereocenters. The Morgan fingerprint density at radius 2 is 1.49 bits per heavy atom. The third-order valence-electron chi connectivity index (χ3n) is 7.95. The molecule has 1 heterocycles. The van der Waals surface area contributed by atoms with Crippen LogP contribution in [0.15, 0.2) is 97.1 Å². The summed E-state index contributed by atoms with van der Waals surface area (Å²) in [4.78, 5) is 41.6. The van der Waals surface area contributed by atoms with Crippen molar-refractivity contribution in [3.63, 3.8) is 0 Å². The molecule has 3 N–H and O–H groups in total. The van der Waals surface area contributed by atoms with Crippen LogP contribution in [0.25, 0.3) is 32.9 Å². The molecule has 0 saturated carbocycles. The van der Waals surface area contributed by atoms with E-state index >= 15 is 0 Å². The number of unbranched alkanes of at least 4 members (excludes halogenated alkanes) is 2. The summed E-state index contributed by atoms with van der Waals surface area (Å²) in [6, 6.07) is 31.7. The fourth-order valence-electron chi connectivity index (χ4n) is 5.78. The summed E-state index contributed by atoms with van der Waals surface area (Å²) >= 11 is 0. The quantitative estimate of drug-likeness (QED) is 0.126. The van der Waals surface area contributed by atoms with Crippen molar-refractivity contribution >= 4 is 39.3 Å². The van der Waals surface area contributed by atoms with Crippen LogP contribution in [0.5, 0.6) is 0 Å². The molecule has 5 rings (SSSR count). The first-order chi connectivity index (χ1) is 21.0. The number of carbonyl (C=O) groups is 3. The molecular weight excluding hydrogens is 534 g/mol. The van der Waals surface area contributed by atoms with Gasteiger partial charge in [-0.25, -0.2) is 0 Å². The van der Waals surface area contributed by atoms with Crippen molar-refractivity contribution in [3.05, 3.63) is 108 Å². The molecule has 6 heteroatoms. The largest absolute Gasteiger partial charge is 0.354 e. The first kappa shape index (κ1) is 29.8. The van der Waals surface area contributed by atoms with E-state index in [2.05, 4.69) is 39.9 Å². The van der Waals surface area contributed by atoms with Crippen molar-refractivity contribution in [1.29, 1.82) is 0 Å². The monoisotopic (exact) mass is 573 g/mol. The average Bonchev–Trinajstić information content (AvgIpc) is 3.39. The number of para-hydroxylation sites is 1. The maximum absolute atomic E-state index is 13.5. The van der Waals surface area contributed by atoms with Gasteiger partial charge in [0.05, 0.1) is 6.42 Å². The molecule has 0 bridgehead atoms. The number of rotatable bonds is 14. The van der Waals surface area contributed by atoms with Gasteiger partial charge in [0.1, 0.15) is 11.8 Å². The predicted octanol–water partition coefficient (Wildman–Crippen LogP) is 6.91. The third-order valence-corrected chi connectivity index (χ3v) is 7.95. The van der Waals surface area contributed by atoms with E-state index in [1.54, 1.807) is 6.92 Å². The zero-order valence-electron chi connectivity index (χ0n) is 24.7. The van der Waals surface area contributed by atoms with Crippen LogP contribution in [-0.4, -0.2) is 35.2 Å². The molecule has 4 aromatic carbocycles. The molecule has 2 amide bonds. The second kappa shape index (κ2) is 14.5. The van der Waals surface area contributed by atoms with Crippen LogP contribution in [0.1, 0.15) is 50.2 Å². The number of hydrogen-bond acceptors (Lipinski definition) is 3. The number of benzene rings is 4. The van der Waals surface area contributed by atoms with E-state index in [1.165, 1.54) is 0 Å². The zero-order valence-corrected chi connectivity index (χ0v) is 24.7. The summed E-state index contributed by atoms with van der Waals surface area (Å²) in [7, 11) is 0. The van der Waals surface area contributed by atoms with E-state index in [4.69, 9.17) is 0 Å². The maximum atomic E-state index is 13.5. The van der Waals surface area contributed by atoms with E-state index in [0.29, 0.717) is 25.8 Å². The normalized spacial score (nSPS) is 11.8. The molecule has 0 spiro atoms. The van der Waals surface area contributed by atoms with Gasteiger partial charge < -0.3 is 20.4 Å². The summed E-state index contributed by atoms with van der Waals surface area (Å²) in [5.41, 5.74) is 5.31. The van der Waals surface area contributed by atoms with E-state index in [0.717, 1.165) is 63.3 Å².